The number of ether oxygens (including phenoxy) is 3. The monoisotopic (exact) mass is 489 g/mol. The number of para-hydroxylation sites is 1. The molecule has 36 heavy (non-hydrogen) atoms. The van der Waals surface area contributed by atoms with Gasteiger partial charge in [-0.15, -0.1) is 0 Å². The van der Waals surface area contributed by atoms with Crippen molar-refractivity contribution in [3.8, 4) is 5.88 Å². The lowest BCUT2D eigenvalue weighted by Gasteiger charge is -2.35. The van der Waals surface area contributed by atoms with Crippen LogP contribution in [0.3, 0.4) is 0 Å². The Bertz CT molecular complexity index is 1170. The number of β-amino-alcohol motifs (C(OH)–C–C–N with tert-alkyl or cyclic N) is 1. The molecule has 7 heteroatoms. The minimum absolute atomic E-state index is 0.00222. The number of fused-ring (bicyclic) bond motifs is 1. The molecule has 2 aliphatic heterocycles. The number of likely N-dealkylation sites (tertiary alicyclic amines) is 1. The Morgan fingerprint density at radius 3 is 3.00 bits per heavy atom. The van der Waals surface area contributed by atoms with Crippen molar-refractivity contribution in [3.05, 3.63) is 84.2 Å². The van der Waals surface area contributed by atoms with Gasteiger partial charge in [0.1, 0.15) is 18.8 Å². The van der Waals surface area contributed by atoms with Gasteiger partial charge >= 0.3 is 0 Å². The molecule has 1 aromatic heterocycles. The maximum atomic E-state index is 11.2. The topological polar surface area (TPSA) is 76.1 Å². The van der Waals surface area contributed by atoms with Gasteiger partial charge in [-0.05, 0) is 49.8 Å². The maximum Gasteiger partial charge on any atom is 0.213 e. The van der Waals surface area contributed by atoms with Crippen LogP contribution >= 0.6 is 0 Å². The highest BCUT2D eigenvalue weighted by molar-refractivity contribution is 5.82. The number of hydrogen-bond acceptors (Lipinski definition) is 7. The van der Waals surface area contributed by atoms with Gasteiger partial charge in [0.15, 0.2) is 5.76 Å². The highest BCUT2D eigenvalue weighted by Crippen LogP contribution is 2.28. The smallest absolute Gasteiger partial charge is 0.213 e. The number of allylic oxidation sites excluding steroid dienone is 3. The van der Waals surface area contributed by atoms with E-state index in [1.807, 2.05) is 30.3 Å². The zero-order valence-electron chi connectivity index (χ0n) is 20.8. The number of pyridine rings is 1. The number of hydrogen-bond donors (Lipinski definition) is 2. The number of aromatic nitrogens is 1. The first-order valence-electron chi connectivity index (χ1n) is 12.8. The molecule has 3 unspecified atom stereocenters. The third kappa shape index (κ3) is 5.81. The highest BCUT2D eigenvalue weighted by Gasteiger charge is 2.27. The van der Waals surface area contributed by atoms with Crippen LogP contribution < -0.4 is 10.1 Å². The van der Waals surface area contributed by atoms with E-state index in [4.69, 9.17) is 14.2 Å². The molecule has 0 radical (unpaired) electrons. The first-order valence-corrected chi connectivity index (χ1v) is 12.8. The second-order valence-corrected chi connectivity index (χ2v) is 9.65. The van der Waals surface area contributed by atoms with Gasteiger partial charge in [0, 0.05) is 36.7 Å². The average molecular weight is 490 g/mol. The molecule has 2 N–H and O–H groups in total. The number of aliphatic hydroxyl groups excluding tert-OH is 1. The molecule has 3 aliphatic rings. The van der Waals surface area contributed by atoms with Crippen LogP contribution in [0.5, 0.6) is 5.88 Å². The van der Waals surface area contributed by atoms with Crippen LogP contribution in [-0.2, 0) is 9.47 Å². The standard InChI is InChI=1S/C29H35N3O4/c1-34-27-13-12-23-10-5-11-24(28(23)31-27)25(33)19-32-14-6-7-21(18-32)17-30-29(22-8-3-2-4-9-22)26-20-35-15-16-36-26/h2-3,5,8,10-13,15-16,20-21,25,29-30,33H,4,6-7,9,14,17-19H2,1H3. The van der Waals surface area contributed by atoms with Crippen LogP contribution in [0.1, 0.15) is 37.4 Å². The summed E-state index contributed by atoms with van der Waals surface area (Å²) in [7, 11) is 1.61. The summed E-state index contributed by atoms with van der Waals surface area (Å²) in [5, 5.41) is 15.9. The van der Waals surface area contributed by atoms with E-state index in [0.29, 0.717) is 18.3 Å². The van der Waals surface area contributed by atoms with Crippen LogP contribution in [0.2, 0.25) is 0 Å². The lowest BCUT2D eigenvalue weighted by Crippen LogP contribution is -2.44. The van der Waals surface area contributed by atoms with E-state index >= 15 is 0 Å². The Hall–Kier alpha value is -3.13. The van der Waals surface area contributed by atoms with Crippen molar-refractivity contribution >= 4 is 10.9 Å². The molecule has 1 saturated heterocycles. The first kappa shape index (κ1) is 24.6. The van der Waals surface area contributed by atoms with E-state index in [-0.39, 0.29) is 6.04 Å². The summed E-state index contributed by atoms with van der Waals surface area (Å²) in [6.45, 7) is 3.38. The summed E-state index contributed by atoms with van der Waals surface area (Å²) in [6.07, 6.45) is 15.0. The third-order valence-electron chi connectivity index (χ3n) is 7.16. The molecule has 190 valence electrons. The van der Waals surface area contributed by atoms with E-state index in [1.54, 1.807) is 25.9 Å². The molecule has 1 aromatic carbocycles. The zero-order valence-corrected chi connectivity index (χ0v) is 20.8. The lowest BCUT2D eigenvalue weighted by atomic mass is 9.93. The minimum Gasteiger partial charge on any atom is -0.481 e. The quantitative estimate of drug-likeness (QED) is 0.534. The number of piperidine rings is 1. The zero-order chi connectivity index (χ0) is 24.7. The van der Waals surface area contributed by atoms with Crippen molar-refractivity contribution in [1.82, 2.24) is 15.2 Å². The summed E-state index contributed by atoms with van der Waals surface area (Å²) in [5.41, 5.74) is 2.96. The SMILES string of the molecule is COc1ccc2cccc(C(O)CN3CCCC(CNC(C4=CC=CCC4)C4=COC=CO4)C3)c2n1. The number of rotatable bonds is 9. The first-order chi connectivity index (χ1) is 17.7. The van der Waals surface area contributed by atoms with Gasteiger partial charge in [-0.1, -0.05) is 36.4 Å². The molecule has 1 aliphatic carbocycles. The van der Waals surface area contributed by atoms with Crippen LogP contribution in [0.15, 0.2) is 78.7 Å². The van der Waals surface area contributed by atoms with E-state index in [9.17, 15) is 5.11 Å². The Morgan fingerprint density at radius 2 is 2.19 bits per heavy atom. The number of methoxy groups -OCH3 is 1. The van der Waals surface area contributed by atoms with Crippen molar-refractivity contribution in [3.63, 3.8) is 0 Å². The van der Waals surface area contributed by atoms with Gasteiger partial charge < -0.3 is 29.5 Å². The Kier molecular flexibility index (Phi) is 8.01. The molecule has 0 spiro atoms. The highest BCUT2D eigenvalue weighted by atomic mass is 16.5. The van der Waals surface area contributed by atoms with Crippen LogP contribution in [0, 0.1) is 5.92 Å². The molecule has 7 nitrogen and oxygen atoms in total. The Morgan fingerprint density at radius 1 is 1.25 bits per heavy atom. The van der Waals surface area contributed by atoms with E-state index in [2.05, 4.69) is 33.4 Å². The second kappa shape index (κ2) is 11.7. The summed E-state index contributed by atoms with van der Waals surface area (Å²) >= 11 is 0. The average Bonchev–Trinajstić information content (AvgIpc) is 2.94. The Balaban J connectivity index is 1.22. The molecular formula is C29H35N3O4. The molecule has 5 rings (SSSR count). The van der Waals surface area contributed by atoms with E-state index < -0.39 is 6.10 Å². The van der Waals surface area contributed by atoms with Gasteiger partial charge in [-0.25, -0.2) is 4.98 Å². The number of aliphatic hydroxyl groups is 1. The molecule has 3 heterocycles. The summed E-state index contributed by atoms with van der Waals surface area (Å²) in [5.74, 6) is 1.84. The largest absolute Gasteiger partial charge is 0.481 e. The Labute approximate surface area is 212 Å². The molecule has 2 aromatic rings. The molecular weight excluding hydrogens is 454 g/mol. The van der Waals surface area contributed by atoms with Gasteiger partial charge in [-0.3, -0.25) is 0 Å². The maximum absolute atomic E-state index is 11.2. The summed E-state index contributed by atoms with van der Waals surface area (Å²) < 4.78 is 16.5. The van der Waals surface area contributed by atoms with Crippen molar-refractivity contribution < 1.29 is 19.3 Å². The predicted molar refractivity (Wildman–Crippen MR) is 140 cm³/mol. The van der Waals surface area contributed by atoms with Crippen molar-refractivity contribution in [2.24, 2.45) is 5.92 Å². The minimum atomic E-state index is -0.614. The van der Waals surface area contributed by atoms with Crippen LogP contribution in [0.4, 0.5) is 0 Å². The van der Waals surface area contributed by atoms with Gasteiger partial charge in [0.2, 0.25) is 5.88 Å². The normalized spacial score (nSPS) is 21.8. The van der Waals surface area contributed by atoms with Crippen LogP contribution in [0.25, 0.3) is 10.9 Å². The van der Waals surface area contributed by atoms with Gasteiger partial charge in [0.25, 0.3) is 0 Å². The predicted octanol–water partition coefficient (Wildman–Crippen LogP) is 4.58. The number of nitrogens with one attached hydrogen (secondary N) is 1. The summed E-state index contributed by atoms with van der Waals surface area (Å²) in [4.78, 5) is 6.98. The van der Waals surface area contributed by atoms with Crippen LogP contribution in [-0.4, -0.2) is 54.3 Å². The van der Waals surface area contributed by atoms with E-state index in [0.717, 1.165) is 67.5 Å². The van der Waals surface area contributed by atoms with Gasteiger partial charge in [0.05, 0.1) is 24.8 Å². The fourth-order valence-corrected chi connectivity index (χ4v) is 5.33. The third-order valence-corrected chi connectivity index (χ3v) is 7.16. The lowest BCUT2D eigenvalue weighted by molar-refractivity contribution is 0.0842. The fraction of sp³-hybridized carbons (Fsp3) is 0.414. The van der Waals surface area contributed by atoms with Crippen molar-refractivity contribution in [1.29, 1.82) is 0 Å². The second-order valence-electron chi connectivity index (χ2n) is 9.65. The molecule has 1 fully saturated rings. The molecule has 0 saturated carbocycles. The van der Waals surface area contributed by atoms with Crippen molar-refractivity contribution in [2.45, 2.75) is 37.8 Å². The molecule has 3 atom stereocenters. The van der Waals surface area contributed by atoms with Crippen molar-refractivity contribution in [2.75, 3.05) is 33.3 Å². The number of benzene rings is 1. The molecule has 0 bridgehead atoms. The number of nitrogens with zero attached hydrogens (tertiary/aromatic N) is 2. The molecule has 0 amide bonds. The fourth-order valence-electron chi connectivity index (χ4n) is 5.33. The van der Waals surface area contributed by atoms with E-state index in [1.165, 1.54) is 5.57 Å². The summed E-state index contributed by atoms with van der Waals surface area (Å²) in [6, 6.07) is 9.80. The van der Waals surface area contributed by atoms with Gasteiger partial charge in [-0.2, -0.15) is 0 Å².